The topological polar surface area (TPSA) is 45.8 Å². The lowest BCUT2D eigenvalue weighted by Gasteiger charge is -2.08. The third-order valence-corrected chi connectivity index (χ3v) is 2.66. The van der Waals surface area contributed by atoms with Gasteiger partial charge in [0.25, 0.3) is 5.56 Å². The maximum atomic E-state index is 12.5. The van der Waals surface area contributed by atoms with E-state index < -0.39 is 17.6 Å². The number of nitrogens with one attached hydrogen (secondary N) is 1. The number of aromatic amines is 1. The van der Waals surface area contributed by atoms with E-state index in [1.807, 2.05) is 13.8 Å². The predicted molar refractivity (Wildman–Crippen MR) is 61.5 cm³/mol. The molecular formula is C12H11F3N2O. The lowest BCUT2D eigenvalue weighted by molar-refractivity contribution is -0.144. The summed E-state index contributed by atoms with van der Waals surface area (Å²) in [5.41, 5.74) is 0.167. The first-order valence-electron chi connectivity index (χ1n) is 5.40. The van der Waals surface area contributed by atoms with Gasteiger partial charge in [0.1, 0.15) is 0 Å². The highest BCUT2D eigenvalue weighted by Gasteiger charge is 2.34. The van der Waals surface area contributed by atoms with Crippen molar-refractivity contribution >= 4 is 10.9 Å². The van der Waals surface area contributed by atoms with Gasteiger partial charge in [-0.05, 0) is 23.6 Å². The number of halogens is 3. The highest BCUT2D eigenvalue weighted by molar-refractivity contribution is 5.78. The minimum absolute atomic E-state index is 0.0514. The maximum absolute atomic E-state index is 12.5. The van der Waals surface area contributed by atoms with E-state index in [-0.39, 0.29) is 16.8 Å². The number of aromatic nitrogens is 2. The van der Waals surface area contributed by atoms with Gasteiger partial charge in [0.15, 0.2) is 0 Å². The Labute approximate surface area is 101 Å². The molecule has 0 fully saturated rings. The first-order chi connectivity index (χ1) is 8.29. The summed E-state index contributed by atoms with van der Waals surface area (Å²) in [6, 6.07) is 4.70. The summed E-state index contributed by atoms with van der Waals surface area (Å²) in [5.74, 6) is -1.08. The van der Waals surface area contributed by atoms with Crippen molar-refractivity contribution in [3.05, 3.63) is 39.9 Å². The molecule has 18 heavy (non-hydrogen) atoms. The van der Waals surface area contributed by atoms with E-state index in [2.05, 4.69) is 4.98 Å². The monoisotopic (exact) mass is 256 g/mol. The Hall–Kier alpha value is -1.85. The number of alkyl halides is 3. The number of hydrogen-bond donors (Lipinski definition) is 1. The zero-order valence-electron chi connectivity index (χ0n) is 9.80. The van der Waals surface area contributed by atoms with Gasteiger partial charge in [-0.1, -0.05) is 19.9 Å². The number of benzene rings is 1. The van der Waals surface area contributed by atoms with Crippen LogP contribution in [0.5, 0.6) is 0 Å². The average molecular weight is 256 g/mol. The molecule has 2 aromatic rings. The smallest absolute Gasteiger partial charge is 0.302 e. The Morgan fingerprint density at radius 3 is 2.50 bits per heavy atom. The third-order valence-electron chi connectivity index (χ3n) is 2.66. The average Bonchev–Trinajstić information content (AvgIpc) is 2.27. The summed E-state index contributed by atoms with van der Waals surface area (Å²) in [6.07, 6.45) is -4.65. The van der Waals surface area contributed by atoms with Crippen LogP contribution in [0.4, 0.5) is 13.2 Å². The second kappa shape index (κ2) is 4.12. The summed E-state index contributed by atoms with van der Waals surface area (Å²) < 4.78 is 37.4. The Bertz CT molecular complexity index is 644. The molecule has 96 valence electrons. The first-order valence-corrected chi connectivity index (χ1v) is 5.40. The van der Waals surface area contributed by atoms with Crippen LogP contribution >= 0.6 is 0 Å². The quantitative estimate of drug-likeness (QED) is 0.852. The molecular weight excluding hydrogens is 245 g/mol. The van der Waals surface area contributed by atoms with Crippen molar-refractivity contribution < 1.29 is 13.2 Å². The van der Waals surface area contributed by atoms with Crippen molar-refractivity contribution in [2.75, 3.05) is 0 Å². The van der Waals surface area contributed by atoms with E-state index in [0.717, 1.165) is 5.56 Å². The number of fused-ring (bicyclic) bond motifs is 1. The molecule has 0 aliphatic carbocycles. The number of H-pyrrole nitrogens is 1. The van der Waals surface area contributed by atoms with Gasteiger partial charge in [-0.2, -0.15) is 13.2 Å². The molecule has 1 aromatic heterocycles. The highest BCUT2D eigenvalue weighted by atomic mass is 19.4. The van der Waals surface area contributed by atoms with Crippen molar-refractivity contribution in [1.82, 2.24) is 9.97 Å². The van der Waals surface area contributed by atoms with E-state index in [0.29, 0.717) is 0 Å². The molecule has 1 N–H and O–H groups in total. The van der Waals surface area contributed by atoms with Gasteiger partial charge in [-0.15, -0.1) is 0 Å². The molecule has 0 aliphatic heterocycles. The van der Waals surface area contributed by atoms with Crippen LogP contribution in [0, 0.1) is 0 Å². The highest BCUT2D eigenvalue weighted by Crippen LogP contribution is 2.26. The van der Waals surface area contributed by atoms with Gasteiger partial charge in [-0.25, -0.2) is 4.98 Å². The fourth-order valence-electron chi connectivity index (χ4n) is 1.65. The lowest BCUT2D eigenvalue weighted by atomic mass is 10.0. The summed E-state index contributed by atoms with van der Waals surface area (Å²) in [4.78, 5) is 16.8. The van der Waals surface area contributed by atoms with Gasteiger partial charge in [0.2, 0.25) is 5.82 Å². The van der Waals surface area contributed by atoms with E-state index in [4.69, 9.17) is 0 Å². The van der Waals surface area contributed by atoms with Crippen molar-refractivity contribution in [1.29, 1.82) is 0 Å². The molecule has 1 heterocycles. The summed E-state index contributed by atoms with van der Waals surface area (Å²) in [6.45, 7) is 3.87. The van der Waals surface area contributed by atoms with Crippen molar-refractivity contribution in [2.45, 2.75) is 25.9 Å². The van der Waals surface area contributed by atoms with Crippen LogP contribution in [-0.4, -0.2) is 9.97 Å². The molecule has 0 atom stereocenters. The van der Waals surface area contributed by atoms with Crippen LogP contribution < -0.4 is 5.56 Å². The molecule has 0 unspecified atom stereocenters. The van der Waals surface area contributed by atoms with Crippen LogP contribution in [0.15, 0.2) is 23.0 Å². The summed E-state index contributed by atoms with van der Waals surface area (Å²) in [7, 11) is 0. The molecule has 1 aromatic carbocycles. The molecule has 0 radical (unpaired) electrons. The standard InChI is InChI=1S/C12H11F3N2O/c1-6(2)7-3-4-9-8(5-7)10(18)17-11(16-9)12(13,14)15/h3-6H,1-2H3,(H,16,17,18). The number of rotatable bonds is 1. The van der Waals surface area contributed by atoms with Crippen molar-refractivity contribution in [3.8, 4) is 0 Å². The molecule has 0 aliphatic rings. The molecule has 3 nitrogen and oxygen atoms in total. The van der Waals surface area contributed by atoms with Gasteiger partial charge in [0, 0.05) is 0 Å². The van der Waals surface area contributed by atoms with Crippen LogP contribution in [0.1, 0.15) is 31.2 Å². The predicted octanol–water partition coefficient (Wildman–Crippen LogP) is 3.07. The van der Waals surface area contributed by atoms with Crippen LogP contribution in [0.25, 0.3) is 10.9 Å². The lowest BCUT2D eigenvalue weighted by Crippen LogP contribution is -2.19. The second-order valence-electron chi connectivity index (χ2n) is 4.34. The van der Waals surface area contributed by atoms with E-state index in [1.165, 1.54) is 6.07 Å². The normalized spacial score (nSPS) is 12.3. The molecule has 0 spiro atoms. The van der Waals surface area contributed by atoms with Gasteiger partial charge in [-0.3, -0.25) is 4.79 Å². The Balaban J connectivity index is 2.70. The van der Waals surface area contributed by atoms with Crippen LogP contribution in [0.2, 0.25) is 0 Å². The Morgan fingerprint density at radius 1 is 1.28 bits per heavy atom. The molecule has 0 saturated heterocycles. The molecule has 0 saturated carbocycles. The minimum Gasteiger partial charge on any atom is -0.302 e. The van der Waals surface area contributed by atoms with E-state index in [9.17, 15) is 18.0 Å². The zero-order valence-corrected chi connectivity index (χ0v) is 9.80. The fourth-order valence-corrected chi connectivity index (χ4v) is 1.65. The summed E-state index contributed by atoms with van der Waals surface area (Å²) in [5, 5.41) is 0.175. The van der Waals surface area contributed by atoms with Gasteiger partial charge >= 0.3 is 6.18 Å². The molecule has 0 bridgehead atoms. The maximum Gasteiger partial charge on any atom is 0.449 e. The van der Waals surface area contributed by atoms with E-state index in [1.54, 1.807) is 17.1 Å². The third kappa shape index (κ3) is 2.23. The van der Waals surface area contributed by atoms with E-state index >= 15 is 0 Å². The van der Waals surface area contributed by atoms with Crippen molar-refractivity contribution in [2.24, 2.45) is 0 Å². The van der Waals surface area contributed by atoms with Crippen LogP contribution in [-0.2, 0) is 6.18 Å². The van der Waals surface area contributed by atoms with Crippen LogP contribution in [0.3, 0.4) is 0 Å². The zero-order chi connectivity index (χ0) is 13.5. The molecule has 2 rings (SSSR count). The Morgan fingerprint density at radius 2 is 1.94 bits per heavy atom. The Kier molecular flexibility index (Phi) is 2.88. The van der Waals surface area contributed by atoms with Crippen molar-refractivity contribution in [3.63, 3.8) is 0 Å². The molecule has 6 heteroatoms. The summed E-state index contributed by atoms with van der Waals surface area (Å²) >= 11 is 0. The second-order valence-corrected chi connectivity index (χ2v) is 4.34. The number of nitrogens with zero attached hydrogens (tertiary/aromatic N) is 1. The van der Waals surface area contributed by atoms with Gasteiger partial charge < -0.3 is 4.98 Å². The minimum atomic E-state index is -4.65. The fraction of sp³-hybridized carbons (Fsp3) is 0.333. The van der Waals surface area contributed by atoms with Gasteiger partial charge in [0.05, 0.1) is 10.9 Å². The largest absolute Gasteiger partial charge is 0.449 e. The number of hydrogen-bond acceptors (Lipinski definition) is 2. The first kappa shape index (κ1) is 12.6. The molecule has 0 amide bonds. The SMILES string of the molecule is CC(C)c1ccc2nc(C(F)(F)F)[nH]c(=O)c2c1.